The molecule has 2 aromatic carbocycles. The number of rotatable bonds is 5. The van der Waals surface area contributed by atoms with E-state index >= 15 is 0 Å². The molecule has 0 atom stereocenters. The largest absolute Gasteiger partial charge is 0.457 e. The van der Waals surface area contributed by atoms with Crippen LogP contribution in [0.4, 0.5) is 15.8 Å². The van der Waals surface area contributed by atoms with E-state index in [1.807, 2.05) is 0 Å². The Bertz CT molecular complexity index is 1160. The molecule has 0 aliphatic rings. The van der Waals surface area contributed by atoms with Gasteiger partial charge in [-0.1, -0.05) is 6.07 Å². The van der Waals surface area contributed by atoms with Gasteiger partial charge in [0.2, 0.25) is 0 Å². The Kier molecular flexibility index (Phi) is 5.51. The van der Waals surface area contributed by atoms with Crippen molar-refractivity contribution < 1.29 is 18.5 Å². The zero-order chi connectivity index (χ0) is 21.0. The van der Waals surface area contributed by atoms with Crippen molar-refractivity contribution in [2.45, 2.75) is 6.92 Å². The number of hydrogen-bond acceptors (Lipinski definition) is 5. The van der Waals surface area contributed by atoms with Crippen molar-refractivity contribution in [2.75, 3.05) is 5.32 Å². The smallest absolute Gasteiger partial charge is 0.293 e. The molecule has 0 unspecified atom stereocenters. The zero-order valence-corrected chi connectivity index (χ0v) is 15.2. The summed E-state index contributed by atoms with van der Waals surface area (Å²) in [6, 6.07) is 14.9. The van der Waals surface area contributed by atoms with Crippen molar-refractivity contribution in [3.63, 3.8) is 0 Å². The molecule has 0 fully saturated rings. The van der Waals surface area contributed by atoms with E-state index in [9.17, 15) is 24.6 Å². The average molecular weight is 391 g/mol. The molecular formula is C21H14FN3O4. The van der Waals surface area contributed by atoms with Gasteiger partial charge in [0.1, 0.15) is 34.7 Å². The maximum atomic E-state index is 13.0. The minimum Gasteiger partial charge on any atom is -0.457 e. The maximum absolute atomic E-state index is 13.0. The zero-order valence-electron chi connectivity index (χ0n) is 15.2. The lowest BCUT2D eigenvalue weighted by atomic mass is 10.1. The lowest BCUT2D eigenvalue weighted by Gasteiger charge is -2.05. The topological polar surface area (TPSA) is 109 Å². The number of amides is 1. The number of anilines is 1. The monoisotopic (exact) mass is 391 g/mol. The summed E-state index contributed by atoms with van der Waals surface area (Å²) in [7, 11) is 0. The van der Waals surface area contributed by atoms with Crippen LogP contribution in [-0.2, 0) is 4.79 Å². The highest BCUT2D eigenvalue weighted by atomic mass is 19.1. The van der Waals surface area contributed by atoms with E-state index in [-0.39, 0.29) is 28.5 Å². The van der Waals surface area contributed by atoms with Crippen LogP contribution in [0.1, 0.15) is 11.3 Å². The minimum absolute atomic E-state index is 0.0156. The van der Waals surface area contributed by atoms with E-state index in [1.54, 1.807) is 31.2 Å². The van der Waals surface area contributed by atoms with E-state index in [2.05, 4.69) is 5.32 Å². The summed E-state index contributed by atoms with van der Waals surface area (Å²) in [6.07, 6.45) is 1.22. The number of nitriles is 1. The molecule has 1 N–H and O–H groups in total. The third-order valence-corrected chi connectivity index (χ3v) is 4.01. The molecular weight excluding hydrogens is 377 g/mol. The Morgan fingerprint density at radius 1 is 1.21 bits per heavy atom. The molecule has 29 heavy (non-hydrogen) atoms. The minimum atomic E-state index is -0.806. The Labute approximate surface area is 164 Å². The van der Waals surface area contributed by atoms with E-state index in [0.29, 0.717) is 16.9 Å². The van der Waals surface area contributed by atoms with E-state index in [0.717, 1.165) is 0 Å². The predicted molar refractivity (Wildman–Crippen MR) is 104 cm³/mol. The van der Waals surface area contributed by atoms with Gasteiger partial charge in [0.05, 0.1) is 4.92 Å². The lowest BCUT2D eigenvalue weighted by molar-refractivity contribution is -0.384. The summed E-state index contributed by atoms with van der Waals surface area (Å²) in [4.78, 5) is 23.0. The third-order valence-electron chi connectivity index (χ3n) is 4.01. The molecule has 1 amide bonds. The second kappa shape index (κ2) is 8.19. The fourth-order valence-electron chi connectivity index (χ4n) is 2.58. The van der Waals surface area contributed by atoms with Crippen LogP contribution in [0, 0.1) is 34.2 Å². The number of nitro groups is 1. The summed E-state index contributed by atoms with van der Waals surface area (Å²) in [5, 5.41) is 22.9. The van der Waals surface area contributed by atoms with Crippen molar-refractivity contribution in [3.8, 4) is 17.4 Å². The van der Waals surface area contributed by atoms with Gasteiger partial charge in [-0.2, -0.15) is 5.26 Å². The number of halogens is 1. The van der Waals surface area contributed by atoms with Crippen LogP contribution < -0.4 is 5.32 Å². The average Bonchev–Trinajstić information content (AvgIpc) is 3.16. The van der Waals surface area contributed by atoms with Gasteiger partial charge in [-0.3, -0.25) is 14.9 Å². The molecule has 144 valence electrons. The first kappa shape index (κ1) is 19.5. The molecule has 0 saturated carbocycles. The third kappa shape index (κ3) is 4.54. The number of aryl methyl sites for hydroxylation is 1. The summed E-state index contributed by atoms with van der Waals surface area (Å²) < 4.78 is 18.6. The first-order valence-corrected chi connectivity index (χ1v) is 8.41. The second-order valence-corrected chi connectivity index (χ2v) is 6.11. The molecule has 0 spiro atoms. The predicted octanol–water partition coefficient (Wildman–Crippen LogP) is 4.85. The number of benzene rings is 2. The van der Waals surface area contributed by atoms with Crippen LogP contribution in [0.2, 0.25) is 0 Å². The van der Waals surface area contributed by atoms with Crippen molar-refractivity contribution in [1.82, 2.24) is 0 Å². The quantitative estimate of drug-likeness (QED) is 0.289. The molecule has 0 aliphatic carbocycles. The molecule has 3 aromatic rings. The van der Waals surface area contributed by atoms with E-state index in [1.165, 1.54) is 42.5 Å². The van der Waals surface area contributed by atoms with Crippen LogP contribution in [0.5, 0.6) is 0 Å². The van der Waals surface area contributed by atoms with Crippen LogP contribution in [0.3, 0.4) is 0 Å². The van der Waals surface area contributed by atoms with Crippen LogP contribution in [0.25, 0.3) is 17.4 Å². The summed E-state index contributed by atoms with van der Waals surface area (Å²) >= 11 is 0. The molecule has 7 nitrogen and oxygen atoms in total. The van der Waals surface area contributed by atoms with E-state index in [4.69, 9.17) is 4.42 Å². The van der Waals surface area contributed by atoms with Crippen molar-refractivity contribution in [2.24, 2.45) is 0 Å². The fourth-order valence-corrected chi connectivity index (χ4v) is 2.58. The van der Waals surface area contributed by atoms with Crippen molar-refractivity contribution >= 4 is 23.4 Å². The highest BCUT2D eigenvalue weighted by Gasteiger charge is 2.18. The standard InChI is InChI=1S/C21H14FN3O4/c1-13-2-8-18(19(10-13)25(27)28)24-21(26)15(12-23)11-17-7-9-20(29-17)14-3-5-16(22)6-4-14/h2-11H,1H3,(H,24,26)/b15-11+. The van der Waals surface area contributed by atoms with Crippen molar-refractivity contribution in [3.05, 3.63) is 87.4 Å². The Hall–Kier alpha value is -4.25. The van der Waals surface area contributed by atoms with Gasteiger partial charge < -0.3 is 9.73 Å². The number of nitro benzene ring substituents is 1. The SMILES string of the molecule is Cc1ccc(NC(=O)/C(C#N)=C/c2ccc(-c3ccc(F)cc3)o2)c([N+](=O)[O-])c1. The molecule has 3 rings (SSSR count). The number of carbonyl (C=O) groups excluding carboxylic acids is 1. The summed E-state index contributed by atoms with van der Waals surface area (Å²) in [6.45, 7) is 1.69. The molecule has 1 aromatic heterocycles. The molecule has 0 aliphatic heterocycles. The summed E-state index contributed by atoms with van der Waals surface area (Å²) in [5.41, 5.74) is 0.712. The first-order chi connectivity index (χ1) is 13.9. The normalized spacial score (nSPS) is 11.0. The van der Waals surface area contributed by atoms with E-state index < -0.39 is 10.8 Å². The number of furan rings is 1. The Balaban J connectivity index is 1.84. The molecule has 0 bridgehead atoms. The van der Waals surface area contributed by atoms with Gasteiger partial charge in [0.15, 0.2) is 0 Å². The van der Waals surface area contributed by atoms with Gasteiger partial charge in [-0.15, -0.1) is 0 Å². The molecule has 0 saturated heterocycles. The Morgan fingerprint density at radius 3 is 2.59 bits per heavy atom. The van der Waals surface area contributed by atoms with Gasteiger partial charge in [0.25, 0.3) is 11.6 Å². The first-order valence-electron chi connectivity index (χ1n) is 8.41. The molecule has 0 radical (unpaired) electrons. The van der Waals surface area contributed by atoms with Crippen LogP contribution in [0.15, 0.2) is 64.6 Å². The number of nitrogens with zero attached hydrogens (tertiary/aromatic N) is 2. The maximum Gasteiger partial charge on any atom is 0.293 e. The van der Waals surface area contributed by atoms with Gasteiger partial charge >= 0.3 is 0 Å². The van der Waals surface area contributed by atoms with Gasteiger partial charge in [-0.05, 0) is 55.0 Å². The van der Waals surface area contributed by atoms with Gasteiger partial charge in [0, 0.05) is 17.7 Å². The summed E-state index contributed by atoms with van der Waals surface area (Å²) in [5.74, 6) is -0.522. The Morgan fingerprint density at radius 2 is 1.93 bits per heavy atom. The van der Waals surface area contributed by atoms with Crippen LogP contribution >= 0.6 is 0 Å². The van der Waals surface area contributed by atoms with Crippen molar-refractivity contribution in [1.29, 1.82) is 5.26 Å². The number of hydrogen-bond donors (Lipinski definition) is 1. The fraction of sp³-hybridized carbons (Fsp3) is 0.0476. The second-order valence-electron chi connectivity index (χ2n) is 6.11. The van der Waals surface area contributed by atoms with Gasteiger partial charge in [-0.25, -0.2) is 4.39 Å². The van der Waals surface area contributed by atoms with Crippen LogP contribution in [-0.4, -0.2) is 10.8 Å². The highest BCUT2D eigenvalue weighted by Crippen LogP contribution is 2.27. The number of carbonyl (C=O) groups is 1. The molecule has 8 heteroatoms. The molecule has 1 heterocycles. The highest BCUT2D eigenvalue weighted by molar-refractivity contribution is 6.10. The lowest BCUT2D eigenvalue weighted by Crippen LogP contribution is -2.14. The number of nitrogens with one attached hydrogen (secondary N) is 1.